The average Bonchev–Trinajstić information content (AvgIpc) is 3.62. The minimum absolute atomic E-state index is 0.877. The van der Waals surface area contributed by atoms with Gasteiger partial charge in [-0.05, 0) is 92.2 Å². The summed E-state index contributed by atoms with van der Waals surface area (Å²) in [4.78, 5) is 2.39. The molecule has 0 bridgehead atoms. The molecule has 0 aliphatic heterocycles. The third kappa shape index (κ3) is 5.53. The zero-order valence-corrected chi connectivity index (χ0v) is 29.6. The SMILES string of the molecule is c1ccc(-c2ccccc2-c2ccccc2-c2ccccc2N(c2ccc(-c3cccc4ccccc34)cc2)c2ccc3oc4ccccc4c3c2)cc1. The second kappa shape index (κ2) is 13.4. The highest BCUT2D eigenvalue weighted by molar-refractivity contribution is 6.07. The van der Waals surface area contributed by atoms with Crippen molar-refractivity contribution in [3.05, 3.63) is 212 Å². The van der Waals surface area contributed by atoms with Gasteiger partial charge < -0.3 is 9.32 Å². The molecule has 0 aliphatic carbocycles. The number of hydrogen-bond acceptors (Lipinski definition) is 2. The van der Waals surface area contributed by atoms with Gasteiger partial charge in [-0.15, -0.1) is 0 Å². The molecule has 0 amide bonds. The molecule has 10 aromatic rings. The van der Waals surface area contributed by atoms with Crippen LogP contribution in [0, 0.1) is 0 Å². The van der Waals surface area contributed by atoms with Crippen LogP contribution in [0.25, 0.3) is 77.2 Å². The Morgan fingerprint density at radius 1 is 0.296 bits per heavy atom. The predicted octanol–water partition coefficient (Wildman–Crippen LogP) is 14.9. The van der Waals surface area contributed by atoms with Gasteiger partial charge in [0.1, 0.15) is 11.2 Å². The smallest absolute Gasteiger partial charge is 0.135 e. The fourth-order valence-corrected chi connectivity index (χ4v) is 7.98. The van der Waals surface area contributed by atoms with E-state index < -0.39 is 0 Å². The lowest BCUT2D eigenvalue weighted by atomic mass is 9.88. The van der Waals surface area contributed by atoms with Gasteiger partial charge in [-0.2, -0.15) is 0 Å². The summed E-state index contributed by atoms with van der Waals surface area (Å²) in [5.74, 6) is 0. The number of para-hydroxylation sites is 2. The Kier molecular flexibility index (Phi) is 7.85. The predicted molar refractivity (Wildman–Crippen MR) is 228 cm³/mol. The Labute approximate surface area is 314 Å². The number of furan rings is 1. The van der Waals surface area contributed by atoms with Crippen LogP contribution in [0.15, 0.2) is 217 Å². The summed E-state index contributed by atoms with van der Waals surface area (Å²) in [6.45, 7) is 0. The molecule has 1 heterocycles. The molecule has 0 fully saturated rings. The lowest BCUT2D eigenvalue weighted by Gasteiger charge is -2.29. The minimum Gasteiger partial charge on any atom is -0.456 e. The lowest BCUT2D eigenvalue weighted by molar-refractivity contribution is 0.669. The van der Waals surface area contributed by atoms with Crippen molar-refractivity contribution >= 4 is 49.8 Å². The van der Waals surface area contributed by atoms with Crippen molar-refractivity contribution in [3.63, 3.8) is 0 Å². The Morgan fingerprint density at radius 2 is 0.815 bits per heavy atom. The van der Waals surface area contributed by atoms with E-state index in [1.807, 2.05) is 12.1 Å². The molecule has 0 radical (unpaired) electrons. The molecule has 254 valence electrons. The molecule has 0 aliphatic rings. The molecule has 10 rings (SSSR count). The molecule has 0 atom stereocenters. The second-order valence-corrected chi connectivity index (χ2v) is 13.7. The van der Waals surface area contributed by atoms with Gasteiger partial charge in [0.15, 0.2) is 0 Å². The normalized spacial score (nSPS) is 11.3. The van der Waals surface area contributed by atoms with Crippen LogP contribution in [0.4, 0.5) is 17.1 Å². The van der Waals surface area contributed by atoms with Crippen LogP contribution in [-0.4, -0.2) is 0 Å². The number of rotatable bonds is 7. The summed E-state index contributed by atoms with van der Waals surface area (Å²) >= 11 is 0. The van der Waals surface area contributed by atoms with Crippen molar-refractivity contribution in [2.24, 2.45) is 0 Å². The molecular formula is C52H35NO. The van der Waals surface area contributed by atoms with E-state index >= 15 is 0 Å². The zero-order valence-electron chi connectivity index (χ0n) is 29.6. The molecule has 1 aromatic heterocycles. The molecular weight excluding hydrogens is 655 g/mol. The third-order valence-corrected chi connectivity index (χ3v) is 10.5. The minimum atomic E-state index is 0.877. The first-order valence-electron chi connectivity index (χ1n) is 18.4. The van der Waals surface area contributed by atoms with E-state index in [4.69, 9.17) is 4.42 Å². The van der Waals surface area contributed by atoms with Crippen molar-refractivity contribution in [2.75, 3.05) is 4.90 Å². The summed E-state index contributed by atoms with van der Waals surface area (Å²) < 4.78 is 6.29. The Hall–Kier alpha value is -7.16. The van der Waals surface area contributed by atoms with Crippen LogP contribution >= 0.6 is 0 Å². The first kappa shape index (κ1) is 31.6. The summed E-state index contributed by atoms with van der Waals surface area (Å²) in [5.41, 5.74) is 14.5. The Bertz CT molecular complexity index is 2930. The first-order valence-corrected chi connectivity index (χ1v) is 18.4. The number of hydrogen-bond donors (Lipinski definition) is 0. The fraction of sp³-hybridized carbons (Fsp3) is 0. The maximum Gasteiger partial charge on any atom is 0.135 e. The van der Waals surface area contributed by atoms with Crippen molar-refractivity contribution in [2.45, 2.75) is 0 Å². The lowest BCUT2D eigenvalue weighted by Crippen LogP contribution is -2.11. The molecule has 9 aromatic carbocycles. The van der Waals surface area contributed by atoms with E-state index in [1.54, 1.807) is 0 Å². The van der Waals surface area contributed by atoms with Gasteiger partial charge in [0, 0.05) is 27.7 Å². The number of fused-ring (bicyclic) bond motifs is 4. The van der Waals surface area contributed by atoms with Gasteiger partial charge in [-0.3, -0.25) is 0 Å². The molecule has 2 heteroatoms. The molecule has 0 saturated heterocycles. The van der Waals surface area contributed by atoms with Crippen LogP contribution in [0.5, 0.6) is 0 Å². The molecule has 0 unspecified atom stereocenters. The van der Waals surface area contributed by atoms with Crippen LogP contribution in [0.2, 0.25) is 0 Å². The fourth-order valence-electron chi connectivity index (χ4n) is 7.98. The molecule has 2 nitrogen and oxygen atoms in total. The molecule has 0 spiro atoms. The van der Waals surface area contributed by atoms with Gasteiger partial charge in [0.05, 0.1) is 5.69 Å². The van der Waals surface area contributed by atoms with E-state index in [-0.39, 0.29) is 0 Å². The van der Waals surface area contributed by atoms with Crippen LogP contribution < -0.4 is 4.90 Å². The zero-order chi connectivity index (χ0) is 35.8. The van der Waals surface area contributed by atoms with Crippen molar-refractivity contribution in [3.8, 4) is 44.5 Å². The topological polar surface area (TPSA) is 16.4 Å². The summed E-state index contributed by atoms with van der Waals surface area (Å²) in [5, 5.41) is 4.69. The van der Waals surface area contributed by atoms with Crippen LogP contribution in [-0.2, 0) is 0 Å². The second-order valence-electron chi connectivity index (χ2n) is 13.7. The van der Waals surface area contributed by atoms with Crippen molar-refractivity contribution in [1.82, 2.24) is 0 Å². The van der Waals surface area contributed by atoms with Gasteiger partial charge in [-0.25, -0.2) is 0 Å². The first-order chi connectivity index (χ1) is 26.8. The number of benzene rings is 9. The highest BCUT2D eigenvalue weighted by Crippen LogP contribution is 2.46. The van der Waals surface area contributed by atoms with Crippen molar-refractivity contribution < 1.29 is 4.42 Å². The quantitative estimate of drug-likeness (QED) is 0.166. The molecule has 0 N–H and O–H groups in total. The number of nitrogens with zero attached hydrogens (tertiary/aromatic N) is 1. The largest absolute Gasteiger partial charge is 0.456 e. The van der Waals surface area contributed by atoms with Gasteiger partial charge in [-0.1, -0.05) is 170 Å². The summed E-state index contributed by atoms with van der Waals surface area (Å²) in [7, 11) is 0. The summed E-state index contributed by atoms with van der Waals surface area (Å²) in [6, 6.07) is 76.0. The molecule has 54 heavy (non-hydrogen) atoms. The van der Waals surface area contributed by atoms with E-state index in [9.17, 15) is 0 Å². The monoisotopic (exact) mass is 689 g/mol. The van der Waals surface area contributed by atoms with Crippen molar-refractivity contribution in [1.29, 1.82) is 0 Å². The Morgan fingerprint density at radius 3 is 1.61 bits per heavy atom. The van der Waals surface area contributed by atoms with E-state index in [2.05, 4.69) is 205 Å². The highest BCUT2D eigenvalue weighted by atomic mass is 16.3. The van der Waals surface area contributed by atoms with E-state index in [0.29, 0.717) is 0 Å². The van der Waals surface area contributed by atoms with E-state index in [1.165, 1.54) is 49.7 Å². The average molecular weight is 690 g/mol. The van der Waals surface area contributed by atoms with Gasteiger partial charge in [0.25, 0.3) is 0 Å². The number of anilines is 3. The maximum atomic E-state index is 6.29. The van der Waals surface area contributed by atoms with Crippen LogP contribution in [0.1, 0.15) is 0 Å². The maximum absolute atomic E-state index is 6.29. The summed E-state index contributed by atoms with van der Waals surface area (Å²) in [6.07, 6.45) is 0. The van der Waals surface area contributed by atoms with Gasteiger partial charge >= 0.3 is 0 Å². The van der Waals surface area contributed by atoms with Gasteiger partial charge in [0.2, 0.25) is 0 Å². The Balaban J connectivity index is 1.17. The molecule has 0 saturated carbocycles. The van der Waals surface area contributed by atoms with E-state index in [0.717, 1.165) is 44.6 Å². The third-order valence-electron chi connectivity index (χ3n) is 10.5. The van der Waals surface area contributed by atoms with Crippen LogP contribution in [0.3, 0.4) is 0 Å². The highest BCUT2D eigenvalue weighted by Gasteiger charge is 2.21. The standard InChI is InChI=1S/C52H35NO/c1-2-15-36(16-3-1)43-20-6-7-21-44(43)45-22-8-9-23-46(45)47-24-10-12-27-50(47)53(40-33-34-52-49(35-40)48-25-11-13-28-51(48)54-52)39-31-29-38(30-32-39)42-26-14-18-37-17-4-5-19-41(37)42/h1-35H.